The molecule has 2 aliphatic rings. The molecule has 6 N–H and O–H groups in total. The molecule has 320 valence electrons. The first-order valence-electron chi connectivity index (χ1n) is 19.6. The van der Waals surface area contributed by atoms with Crippen LogP contribution in [0.3, 0.4) is 0 Å². The van der Waals surface area contributed by atoms with Gasteiger partial charge in [0.15, 0.2) is 0 Å². The zero-order valence-corrected chi connectivity index (χ0v) is 34.2. The molecular weight excluding hydrogens is 756 g/mol. The van der Waals surface area contributed by atoms with Gasteiger partial charge in [0, 0.05) is 39.6 Å². The normalized spacial score (nSPS) is 17.8. The second-order valence-corrected chi connectivity index (χ2v) is 15.7. The number of ketones is 1. The molecule has 20 nitrogen and oxygen atoms in total. The van der Waals surface area contributed by atoms with E-state index in [4.69, 9.17) is 4.74 Å². The first-order chi connectivity index (χ1) is 27.4. The van der Waals surface area contributed by atoms with E-state index in [0.29, 0.717) is 12.8 Å². The molecule has 1 saturated carbocycles. The van der Waals surface area contributed by atoms with Gasteiger partial charge < -0.3 is 46.4 Å². The number of hydrogen-bond acceptors (Lipinski definition) is 12. The number of rotatable bonds is 18. The molecule has 1 unspecified atom stereocenters. The lowest BCUT2D eigenvalue weighted by Gasteiger charge is -2.28. The van der Waals surface area contributed by atoms with Gasteiger partial charge in [0.2, 0.25) is 35.3 Å². The number of hydrogen-bond donors (Lipinski definition) is 6. The average Bonchev–Trinajstić information content (AvgIpc) is 3.61. The maximum atomic E-state index is 14.0. The van der Waals surface area contributed by atoms with Gasteiger partial charge in [-0.15, -0.1) is 0 Å². The number of nitrogens with one attached hydrogen (secondary N) is 6. The fourth-order valence-corrected chi connectivity index (χ4v) is 6.51. The molecule has 1 aromatic rings. The highest BCUT2D eigenvalue weighted by Crippen LogP contribution is 2.28. The molecule has 0 radical (unpaired) electrons. The Morgan fingerprint density at radius 2 is 1.55 bits per heavy atom. The van der Waals surface area contributed by atoms with Crippen molar-refractivity contribution in [3.05, 3.63) is 24.3 Å². The quantitative estimate of drug-likeness (QED) is 0.0994. The minimum atomic E-state index is -1.31. The number of likely N-dealkylation sites (tertiary alicyclic amines) is 1. The Morgan fingerprint density at radius 1 is 0.862 bits per heavy atom. The Bertz CT molecular complexity index is 1650. The molecular formula is C38H58N10O10. The summed E-state index contributed by atoms with van der Waals surface area (Å²) < 4.78 is 5.54. The summed E-state index contributed by atoms with van der Waals surface area (Å²) in [5.74, 6) is -6.82. The summed E-state index contributed by atoms with van der Waals surface area (Å²) in [6.07, 6.45) is 8.68. The van der Waals surface area contributed by atoms with Crippen molar-refractivity contribution in [1.29, 1.82) is 0 Å². The average molecular weight is 815 g/mol. The van der Waals surface area contributed by atoms with Crippen LogP contribution >= 0.6 is 0 Å². The number of Topliss-reactive ketones (excluding diaryl/α,β-unsaturated/α-hetero) is 1. The van der Waals surface area contributed by atoms with Crippen molar-refractivity contribution >= 4 is 53.2 Å². The van der Waals surface area contributed by atoms with E-state index in [1.54, 1.807) is 27.7 Å². The number of likely N-dealkylation sites (N-methyl/N-ethyl adjacent to an activating group) is 1. The van der Waals surface area contributed by atoms with Gasteiger partial charge in [-0.3, -0.25) is 43.3 Å². The van der Waals surface area contributed by atoms with Gasteiger partial charge >= 0.3 is 6.09 Å². The smallest absolute Gasteiger partial charge is 0.410 e. The second kappa shape index (κ2) is 22.3. The summed E-state index contributed by atoms with van der Waals surface area (Å²) in [5, 5.41) is 15.2. The molecule has 1 aromatic heterocycles. The standard InChI is InChI=1S/C38H58N10O10/c1-7-11-25(32(52)36(56)43-18-29(49)41-20-31(51)47(5)6)45-33(53)24-21-48(37(57)58-38(2,3)4)22-28(24)46-35(55)26(16-23-12-9-8-10-13-23)44-30(50)19-42-34(54)27-17-39-14-15-40-27/h14-15,17,23-26,28H,7-13,16,18-22H2,1-6H3,(H,41,49)(H,42,54)(H,43,56)(H,44,50)(H,45,53)(H,46,55)/t24-,25+,26?,28+/m1/s1. The van der Waals surface area contributed by atoms with E-state index < -0.39 is 90.1 Å². The van der Waals surface area contributed by atoms with Crippen LogP contribution in [0.4, 0.5) is 4.79 Å². The van der Waals surface area contributed by atoms with E-state index in [1.807, 2.05) is 0 Å². The summed E-state index contributed by atoms with van der Waals surface area (Å²) in [6, 6.07) is -3.36. The van der Waals surface area contributed by atoms with Gasteiger partial charge in [-0.2, -0.15) is 0 Å². The molecule has 1 aliphatic carbocycles. The summed E-state index contributed by atoms with van der Waals surface area (Å²) in [4.78, 5) is 127. The van der Waals surface area contributed by atoms with E-state index in [2.05, 4.69) is 41.9 Å². The highest BCUT2D eigenvalue weighted by Gasteiger charge is 2.44. The highest BCUT2D eigenvalue weighted by atomic mass is 16.6. The Morgan fingerprint density at radius 3 is 2.17 bits per heavy atom. The molecule has 2 fully saturated rings. The molecule has 0 spiro atoms. The summed E-state index contributed by atoms with van der Waals surface area (Å²) in [6.45, 7) is 5.08. The first-order valence-corrected chi connectivity index (χ1v) is 19.6. The predicted molar refractivity (Wildman–Crippen MR) is 207 cm³/mol. The number of ether oxygens (including phenoxy) is 1. The second-order valence-electron chi connectivity index (χ2n) is 15.7. The van der Waals surface area contributed by atoms with Crippen molar-refractivity contribution in [1.82, 2.24) is 51.7 Å². The van der Waals surface area contributed by atoms with Gasteiger partial charge in [0.25, 0.3) is 11.8 Å². The number of carbonyl (C=O) groups excluding carboxylic acids is 9. The van der Waals surface area contributed by atoms with Crippen molar-refractivity contribution in [2.45, 2.75) is 103 Å². The molecule has 1 aliphatic heterocycles. The van der Waals surface area contributed by atoms with E-state index in [0.717, 1.165) is 32.1 Å². The first kappa shape index (κ1) is 46.7. The molecule has 20 heteroatoms. The molecule has 3 rings (SSSR count). The Hall–Kier alpha value is -5.69. The predicted octanol–water partition coefficient (Wildman–Crippen LogP) is -0.812. The Balaban J connectivity index is 1.76. The van der Waals surface area contributed by atoms with Crippen LogP contribution in [0, 0.1) is 11.8 Å². The topological polar surface area (TPSA) is 267 Å². The Labute approximate surface area is 338 Å². The van der Waals surface area contributed by atoms with Crippen molar-refractivity contribution in [2.75, 3.05) is 46.8 Å². The van der Waals surface area contributed by atoms with Crippen molar-refractivity contribution in [3.8, 4) is 0 Å². The minimum absolute atomic E-state index is 0.00713. The highest BCUT2D eigenvalue weighted by molar-refractivity contribution is 6.38. The molecule has 8 amide bonds. The SMILES string of the molecule is CCC[C@H](NC(=O)[C@@H]1CN(C(=O)OC(C)(C)C)C[C@@H]1NC(=O)C(CC1CCCCC1)NC(=O)CNC(=O)c1cnccn1)C(=O)C(=O)NCC(=O)NCC(=O)N(C)C. The molecule has 1 saturated heterocycles. The van der Waals surface area contributed by atoms with Crippen LogP contribution in [0.2, 0.25) is 0 Å². The number of nitrogens with zero attached hydrogens (tertiary/aromatic N) is 4. The van der Waals surface area contributed by atoms with E-state index in [9.17, 15) is 43.2 Å². The number of aromatic nitrogens is 2. The minimum Gasteiger partial charge on any atom is -0.444 e. The maximum absolute atomic E-state index is 14.0. The van der Waals surface area contributed by atoms with Gasteiger partial charge in [-0.05, 0) is 39.5 Å². The lowest BCUT2D eigenvalue weighted by Crippen LogP contribution is -2.56. The van der Waals surface area contributed by atoms with Crippen LogP contribution in [0.15, 0.2) is 18.6 Å². The molecule has 2 heterocycles. The molecule has 58 heavy (non-hydrogen) atoms. The zero-order valence-electron chi connectivity index (χ0n) is 34.2. The fraction of sp³-hybridized carbons (Fsp3) is 0.658. The lowest BCUT2D eigenvalue weighted by molar-refractivity contribution is -0.141. The van der Waals surface area contributed by atoms with Crippen LogP contribution < -0.4 is 31.9 Å². The number of amides is 8. The van der Waals surface area contributed by atoms with Crippen LogP contribution in [-0.2, 0) is 38.3 Å². The summed E-state index contributed by atoms with van der Waals surface area (Å²) in [5.41, 5.74) is -0.869. The third-order valence-electron chi connectivity index (χ3n) is 9.57. The lowest BCUT2D eigenvalue weighted by atomic mass is 9.84. The van der Waals surface area contributed by atoms with E-state index >= 15 is 0 Å². The molecule has 0 bridgehead atoms. The maximum Gasteiger partial charge on any atom is 0.410 e. The van der Waals surface area contributed by atoms with Crippen LogP contribution in [0.25, 0.3) is 0 Å². The third-order valence-corrected chi connectivity index (χ3v) is 9.57. The van der Waals surface area contributed by atoms with Gasteiger partial charge in [-0.1, -0.05) is 45.4 Å². The monoisotopic (exact) mass is 814 g/mol. The van der Waals surface area contributed by atoms with E-state index in [-0.39, 0.29) is 43.6 Å². The Kier molecular flexibility index (Phi) is 18.0. The van der Waals surface area contributed by atoms with Crippen LogP contribution in [0.5, 0.6) is 0 Å². The van der Waals surface area contributed by atoms with Crippen LogP contribution in [0.1, 0.15) is 89.5 Å². The van der Waals surface area contributed by atoms with Crippen molar-refractivity contribution < 1.29 is 47.9 Å². The van der Waals surface area contributed by atoms with Crippen molar-refractivity contribution in [2.24, 2.45) is 11.8 Å². The zero-order chi connectivity index (χ0) is 43.0. The van der Waals surface area contributed by atoms with E-state index in [1.165, 1.54) is 42.5 Å². The summed E-state index contributed by atoms with van der Waals surface area (Å²) in [7, 11) is 3.02. The molecule has 4 atom stereocenters. The molecule has 0 aromatic carbocycles. The summed E-state index contributed by atoms with van der Waals surface area (Å²) >= 11 is 0. The van der Waals surface area contributed by atoms with Crippen molar-refractivity contribution in [3.63, 3.8) is 0 Å². The number of carbonyl (C=O) groups is 9. The van der Waals surface area contributed by atoms with Gasteiger partial charge in [0.1, 0.15) is 17.3 Å². The van der Waals surface area contributed by atoms with Gasteiger partial charge in [-0.25, -0.2) is 9.78 Å². The largest absolute Gasteiger partial charge is 0.444 e. The fourth-order valence-electron chi connectivity index (χ4n) is 6.51. The third kappa shape index (κ3) is 15.3. The van der Waals surface area contributed by atoms with Gasteiger partial charge in [0.05, 0.1) is 43.8 Å². The van der Waals surface area contributed by atoms with Crippen LogP contribution in [-0.4, -0.2) is 144 Å².